The number of anilines is 1. The molecule has 98 valence electrons. The normalized spacial score (nSPS) is 19.0. The highest BCUT2D eigenvalue weighted by atomic mass is 16.5. The van der Waals surface area contributed by atoms with Crippen molar-refractivity contribution in [3.05, 3.63) is 23.8 Å². The van der Waals surface area contributed by atoms with Gasteiger partial charge in [0.05, 0.1) is 12.7 Å². The summed E-state index contributed by atoms with van der Waals surface area (Å²) in [5.41, 5.74) is 6.67. The fourth-order valence-electron chi connectivity index (χ4n) is 2.14. The molecule has 0 saturated carbocycles. The van der Waals surface area contributed by atoms with Crippen LogP contribution in [0.5, 0.6) is 5.75 Å². The number of hydrogen-bond acceptors (Lipinski definition) is 4. The highest BCUT2D eigenvalue weighted by Gasteiger charge is 2.28. The van der Waals surface area contributed by atoms with Crippen molar-refractivity contribution >= 4 is 11.6 Å². The van der Waals surface area contributed by atoms with Crippen LogP contribution in [0, 0.1) is 0 Å². The lowest BCUT2D eigenvalue weighted by molar-refractivity contribution is 0.0762. The average Bonchev–Trinajstić information content (AvgIpc) is 2.76. The van der Waals surface area contributed by atoms with Gasteiger partial charge in [-0.3, -0.25) is 4.79 Å². The van der Waals surface area contributed by atoms with E-state index in [1.807, 2.05) is 6.92 Å². The fourth-order valence-corrected chi connectivity index (χ4v) is 2.14. The van der Waals surface area contributed by atoms with Crippen LogP contribution in [0.2, 0.25) is 0 Å². The maximum Gasteiger partial charge on any atom is 0.259 e. The van der Waals surface area contributed by atoms with Gasteiger partial charge in [-0.25, -0.2) is 0 Å². The van der Waals surface area contributed by atoms with E-state index in [0.29, 0.717) is 43.1 Å². The smallest absolute Gasteiger partial charge is 0.259 e. The zero-order valence-corrected chi connectivity index (χ0v) is 10.4. The number of ether oxygens (including phenoxy) is 1. The Balaban J connectivity index is 2.28. The topological polar surface area (TPSA) is 75.8 Å². The summed E-state index contributed by atoms with van der Waals surface area (Å²) in [6.45, 7) is 3.25. The van der Waals surface area contributed by atoms with Crippen LogP contribution < -0.4 is 10.5 Å². The number of aliphatic hydroxyl groups excluding tert-OH is 1. The first-order valence-corrected chi connectivity index (χ1v) is 6.12. The van der Waals surface area contributed by atoms with Crippen LogP contribution in [0.15, 0.2) is 18.2 Å². The van der Waals surface area contributed by atoms with Crippen molar-refractivity contribution in [1.82, 2.24) is 4.90 Å². The summed E-state index contributed by atoms with van der Waals surface area (Å²) < 4.78 is 5.44. The molecule has 1 amide bonds. The van der Waals surface area contributed by atoms with Gasteiger partial charge in [0.1, 0.15) is 11.3 Å². The van der Waals surface area contributed by atoms with Gasteiger partial charge in [0.2, 0.25) is 0 Å². The number of aliphatic hydroxyl groups is 1. The number of benzene rings is 1. The molecular formula is C13H18N2O3. The second kappa shape index (κ2) is 5.27. The molecule has 1 aliphatic heterocycles. The van der Waals surface area contributed by atoms with Crippen LogP contribution >= 0.6 is 0 Å². The van der Waals surface area contributed by atoms with Crippen LogP contribution in [0.4, 0.5) is 5.69 Å². The van der Waals surface area contributed by atoms with Crippen LogP contribution in [0.3, 0.4) is 0 Å². The average molecular weight is 250 g/mol. The second-order valence-corrected chi connectivity index (χ2v) is 4.35. The molecule has 5 nitrogen and oxygen atoms in total. The molecule has 0 unspecified atom stereocenters. The number of nitrogen functional groups attached to an aromatic ring is 1. The van der Waals surface area contributed by atoms with Gasteiger partial charge in [-0.05, 0) is 25.5 Å². The van der Waals surface area contributed by atoms with E-state index in [0.717, 1.165) is 0 Å². The van der Waals surface area contributed by atoms with Crippen LogP contribution in [-0.4, -0.2) is 41.7 Å². The number of carbonyl (C=O) groups is 1. The third-order valence-corrected chi connectivity index (χ3v) is 3.02. The molecule has 0 aliphatic carbocycles. The predicted molar refractivity (Wildman–Crippen MR) is 68.6 cm³/mol. The van der Waals surface area contributed by atoms with E-state index in [1.165, 1.54) is 0 Å². The van der Waals surface area contributed by atoms with Crippen molar-refractivity contribution in [3.63, 3.8) is 0 Å². The Morgan fingerprint density at radius 2 is 2.39 bits per heavy atom. The number of β-amino-alcohol motifs (C(OH)–C–C–N with tert-alkyl or cyclic N) is 1. The molecule has 1 heterocycles. The number of amides is 1. The maximum absolute atomic E-state index is 12.4. The van der Waals surface area contributed by atoms with Crippen LogP contribution in [0.1, 0.15) is 23.7 Å². The van der Waals surface area contributed by atoms with E-state index in [1.54, 1.807) is 23.1 Å². The molecule has 0 aromatic heterocycles. The molecule has 1 aromatic rings. The molecular weight excluding hydrogens is 232 g/mol. The molecule has 2 rings (SSSR count). The number of nitrogens with two attached hydrogens (primary N) is 1. The molecule has 18 heavy (non-hydrogen) atoms. The number of likely N-dealkylation sites (tertiary alicyclic amines) is 1. The largest absolute Gasteiger partial charge is 0.493 e. The zero-order valence-electron chi connectivity index (χ0n) is 10.4. The van der Waals surface area contributed by atoms with Gasteiger partial charge in [-0.15, -0.1) is 0 Å². The molecule has 1 fully saturated rings. The Hall–Kier alpha value is -1.75. The van der Waals surface area contributed by atoms with E-state index in [9.17, 15) is 9.90 Å². The first-order valence-electron chi connectivity index (χ1n) is 6.12. The summed E-state index contributed by atoms with van der Waals surface area (Å²) in [5.74, 6) is 0.331. The van der Waals surface area contributed by atoms with E-state index in [4.69, 9.17) is 10.5 Å². The van der Waals surface area contributed by atoms with E-state index in [2.05, 4.69) is 0 Å². The predicted octanol–water partition coefficient (Wildman–Crippen LogP) is 0.874. The Morgan fingerprint density at radius 1 is 1.61 bits per heavy atom. The lowest BCUT2D eigenvalue weighted by atomic mass is 10.1. The third kappa shape index (κ3) is 2.41. The second-order valence-electron chi connectivity index (χ2n) is 4.35. The highest BCUT2D eigenvalue weighted by molar-refractivity contribution is 6.02. The summed E-state index contributed by atoms with van der Waals surface area (Å²) >= 11 is 0. The number of rotatable bonds is 3. The Morgan fingerprint density at radius 3 is 3.00 bits per heavy atom. The van der Waals surface area contributed by atoms with Crippen LogP contribution in [-0.2, 0) is 0 Å². The fraction of sp³-hybridized carbons (Fsp3) is 0.462. The quantitative estimate of drug-likeness (QED) is 0.781. The van der Waals surface area contributed by atoms with Crippen molar-refractivity contribution in [2.75, 3.05) is 25.4 Å². The van der Waals surface area contributed by atoms with Gasteiger partial charge in [0, 0.05) is 18.8 Å². The maximum atomic E-state index is 12.4. The lowest BCUT2D eigenvalue weighted by Gasteiger charge is -2.19. The summed E-state index contributed by atoms with van der Waals surface area (Å²) in [5, 5.41) is 9.48. The molecule has 1 aromatic carbocycles. The first-order chi connectivity index (χ1) is 8.63. The summed E-state index contributed by atoms with van der Waals surface area (Å²) in [6.07, 6.45) is 0.178. The molecule has 0 spiro atoms. The van der Waals surface area contributed by atoms with Gasteiger partial charge >= 0.3 is 0 Å². The summed E-state index contributed by atoms with van der Waals surface area (Å²) in [7, 11) is 0. The number of carbonyl (C=O) groups excluding carboxylic acids is 1. The molecule has 3 N–H and O–H groups in total. The van der Waals surface area contributed by atoms with Gasteiger partial charge in [0.25, 0.3) is 5.91 Å². The molecule has 0 radical (unpaired) electrons. The van der Waals surface area contributed by atoms with E-state index >= 15 is 0 Å². The SMILES string of the molecule is CCOc1cccc(N)c1C(=O)N1CC[C@H](O)C1. The van der Waals surface area contributed by atoms with Gasteiger partial charge in [0.15, 0.2) is 0 Å². The zero-order chi connectivity index (χ0) is 13.1. The van der Waals surface area contributed by atoms with Crippen molar-refractivity contribution in [2.24, 2.45) is 0 Å². The molecule has 1 aliphatic rings. The number of nitrogens with zero attached hydrogens (tertiary/aromatic N) is 1. The Bertz CT molecular complexity index is 448. The van der Waals surface area contributed by atoms with Gasteiger partial charge in [-0.2, -0.15) is 0 Å². The minimum absolute atomic E-state index is 0.173. The summed E-state index contributed by atoms with van der Waals surface area (Å²) in [4.78, 5) is 14.0. The van der Waals surface area contributed by atoms with Crippen molar-refractivity contribution in [3.8, 4) is 5.75 Å². The van der Waals surface area contributed by atoms with Crippen molar-refractivity contribution < 1.29 is 14.6 Å². The van der Waals surface area contributed by atoms with Crippen LogP contribution in [0.25, 0.3) is 0 Å². The summed E-state index contributed by atoms with van der Waals surface area (Å²) in [6, 6.07) is 5.18. The molecule has 5 heteroatoms. The standard InChI is InChI=1S/C13H18N2O3/c1-2-18-11-5-3-4-10(14)12(11)13(17)15-7-6-9(16)8-15/h3-5,9,16H,2,6-8,14H2,1H3/t9-/m0/s1. The molecule has 1 saturated heterocycles. The van der Waals surface area contributed by atoms with Crippen molar-refractivity contribution in [2.45, 2.75) is 19.4 Å². The van der Waals surface area contributed by atoms with E-state index in [-0.39, 0.29) is 5.91 Å². The monoisotopic (exact) mass is 250 g/mol. The van der Waals surface area contributed by atoms with Crippen molar-refractivity contribution in [1.29, 1.82) is 0 Å². The van der Waals surface area contributed by atoms with Gasteiger partial charge in [-0.1, -0.05) is 6.07 Å². The Kier molecular flexibility index (Phi) is 3.72. The minimum atomic E-state index is -0.436. The number of hydrogen-bond donors (Lipinski definition) is 2. The highest BCUT2D eigenvalue weighted by Crippen LogP contribution is 2.27. The van der Waals surface area contributed by atoms with E-state index < -0.39 is 6.10 Å². The third-order valence-electron chi connectivity index (χ3n) is 3.02. The Labute approximate surface area is 106 Å². The first kappa shape index (κ1) is 12.7. The molecule has 0 bridgehead atoms. The van der Waals surface area contributed by atoms with Gasteiger partial charge < -0.3 is 20.5 Å². The molecule has 1 atom stereocenters. The lowest BCUT2D eigenvalue weighted by Crippen LogP contribution is -2.30. The minimum Gasteiger partial charge on any atom is -0.493 e.